The molecule has 0 radical (unpaired) electrons. The van der Waals surface area contributed by atoms with Crippen LogP contribution in [0.15, 0.2) is 79.1 Å². The third-order valence-electron chi connectivity index (χ3n) is 13.3. The zero-order chi connectivity index (χ0) is 51.0. The van der Waals surface area contributed by atoms with Crippen LogP contribution in [-0.2, 0) is 37.8 Å². The number of anilines is 2. The average Bonchev–Trinajstić information content (AvgIpc) is 3.94. The number of nitrogens with one attached hydrogen (secondary N) is 2. The molecule has 7 amide bonds. The zero-order valence-corrected chi connectivity index (χ0v) is 40.0. The van der Waals surface area contributed by atoms with Crippen molar-refractivity contribution in [2.45, 2.75) is 70.5 Å². The molecule has 4 aromatic rings. The number of fused-ring (bicyclic) bond motifs is 1. The van der Waals surface area contributed by atoms with Crippen molar-refractivity contribution >= 4 is 47.4 Å². The van der Waals surface area contributed by atoms with Crippen molar-refractivity contribution in [3.05, 3.63) is 102 Å². The van der Waals surface area contributed by atoms with Crippen LogP contribution in [0, 0.1) is 11.7 Å². The van der Waals surface area contributed by atoms with E-state index in [0.717, 1.165) is 81.0 Å². The van der Waals surface area contributed by atoms with E-state index >= 15 is 4.39 Å². The monoisotopic (exact) mass is 990 g/mol. The van der Waals surface area contributed by atoms with E-state index in [1.54, 1.807) is 29.4 Å². The highest BCUT2D eigenvalue weighted by Gasteiger charge is 2.46. The van der Waals surface area contributed by atoms with E-state index in [9.17, 15) is 46.3 Å². The van der Waals surface area contributed by atoms with Crippen molar-refractivity contribution in [2.24, 2.45) is 5.92 Å². The fourth-order valence-electron chi connectivity index (χ4n) is 9.50. The van der Waals surface area contributed by atoms with Crippen molar-refractivity contribution in [1.29, 1.82) is 0 Å². The van der Waals surface area contributed by atoms with E-state index in [0.29, 0.717) is 47.9 Å². The van der Waals surface area contributed by atoms with Gasteiger partial charge in [0.05, 0.1) is 6.20 Å². The fraction of sp³-hybridized carbons (Fsp3) is 0.460. The first-order valence-corrected chi connectivity index (χ1v) is 23.8. The molecule has 21 heteroatoms. The van der Waals surface area contributed by atoms with Crippen molar-refractivity contribution in [3.8, 4) is 11.1 Å². The van der Waals surface area contributed by atoms with Crippen LogP contribution in [0.1, 0.15) is 62.4 Å². The molecule has 1 unspecified atom stereocenters. The van der Waals surface area contributed by atoms with Crippen molar-refractivity contribution < 1.29 is 50.7 Å². The van der Waals surface area contributed by atoms with E-state index in [1.165, 1.54) is 22.9 Å². The molecule has 0 bridgehead atoms. The van der Waals surface area contributed by atoms with Gasteiger partial charge in [-0.25, -0.2) is 18.4 Å². The summed E-state index contributed by atoms with van der Waals surface area (Å²) in [6, 6.07) is 15.7. The van der Waals surface area contributed by atoms with Gasteiger partial charge in [0.1, 0.15) is 43.4 Å². The summed E-state index contributed by atoms with van der Waals surface area (Å²) in [5.74, 6) is -1.55. The number of nitrogens with zero attached hydrogens (tertiary/aromatic N) is 8. The maximum Gasteiger partial charge on any atom is 0.406 e. The molecule has 2 atom stereocenters. The first-order valence-electron chi connectivity index (χ1n) is 23.8. The third-order valence-corrected chi connectivity index (χ3v) is 13.3. The van der Waals surface area contributed by atoms with E-state index in [4.69, 9.17) is 0 Å². The van der Waals surface area contributed by atoms with Crippen LogP contribution in [0.5, 0.6) is 0 Å². The van der Waals surface area contributed by atoms with Gasteiger partial charge in [-0.1, -0.05) is 38.1 Å². The standard InChI is InChI=1S/C48H53F5N10O6.C2H6/c1-57(28-43(66)61(30-48(51,52)53)26-32-2-5-36(49)6-3-32)46(69)56-47(31-64)23-41(50)39-22-34(4-11-40(39)47)35-24-54-62(27-35)29-44(67)60-15-12-33(13-16-60)25-58-18-20-59(21-19-58)37-7-9-38(10-8-37)63-17-14-42(65)55-45(63)68;1-2/h2-11,22,24,27,31,33,41H,12-21,23,25-26,28-30H2,1H3,(H,56,69)(H,55,65,68);1-2H3/t41?,47-;/m1./s1. The Kier molecular flexibility index (Phi) is 16.4. The lowest BCUT2D eigenvalue weighted by atomic mass is 9.92. The Hall–Kier alpha value is -6.90. The number of urea groups is 2. The number of piperidine rings is 1. The highest BCUT2D eigenvalue weighted by Crippen LogP contribution is 2.46. The first-order chi connectivity index (χ1) is 34.0. The molecule has 380 valence electrons. The molecule has 3 aromatic carbocycles. The molecule has 4 heterocycles. The number of carbonyl (C=O) groups is 6. The average molecular weight is 991 g/mol. The quantitative estimate of drug-likeness (QED) is 0.110. The molecule has 71 heavy (non-hydrogen) atoms. The van der Waals surface area contributed by atoms with E-state index in [2.05, 4.69) is 25.5 Å². The molecule has 1 aliphatic carbocycles. The summed E-state index contributed by atoms with van der Waals surface area (Å²) < 4.78 is 70.9. The smallest absolute Gasteiger partial charge is 0.369 e. The van der Waals surface area contributed by atoms with Crippen LogP contribution in [0.25, 0.3) is 11.1 Å². The molecule has 2 N–H and O–H groups in total. The van der Waals surface area contributed by atoms with Crippen molar-refractivity contribution in [2.75, 3.05) is 82.3 Å². The number of amides is 7. The summed E-state index contributed by atoms with van der Waals surface area (Å²) in [7, 11) is 1.16. The highest BCUT2D eigenvalue weighted by molar-refractivity contribution is 6.05. The summed E-state index contributed by atoms with van der Waals surface area (Å²) in [6.07, 6.45) is -1.25. The van der Waals surface area contributed by atoms with Gasteiger partial charge in [-0.15, -0.1) is 0 Å². The molecule has 3 saturated heterocycles. The number of benzene rings is 3. The Bertz CT molecular complexity index is 2540. The summed E-state index contributed by atoms with van der Waals surface area (Å²) in [5.41, 5.74) is 1.69. The molecule has 4 aliphatic rings. The molecule has 1 aromatic heterocycles. The van der Waals surface area contributed by atoms with Gasteiger partial charge in [-0.2, -0.15) is 18.3 Å². The predicted octanol–water partition coefficient (Wildman–Crippen LogP) is 6.26. The maximum atomic E-state index is 15.7. The molecule has 0 spiro atoms. The SMILES string of the molecule is CC.CN(CC(=O)N(Cc1ccc(F)cc1)CC(F)(F)F)C(=O)N[C@@]1(C=O)CC(F)c2cc(-c3cnn(CC(=O)N4CCC(CN5CCN(c6ccc(N7CCC(=O)NC7=O)cc6)CC5)CC4)c3)ccc21. The first kappa shape index (κ1) is 51.9. The van der Waals surface area contributed by atoms with Gasteiger partial charge >= 0.3 is 18.2 Å². The molecular formula is C50H59F5N10O6. The topological polar surface area (TPSA) is 164 Å². The molecule has 3 aliphatic heterocycles. The normalized spacial score (nSPS) is 19.6. The molecule has 0 saturated carbocycles. The summed E-state index contributed by atoms with van der Waals surface area (Å²) in [6.45, 7) is 7.19. The van der Waals surface area contributed by atoms with Crippen molar-refractivity contribution in [3.63, 3.8) is 0 Å². The van der Waals surface area contributed by atoms with Gasteiger partial charge < -0.3 is 29.7 Å². The van der Waals surface area contributed by atoms with E-state index in [1.807, 2.05) is 43.0 Å². The minimum atomic E-state index is -4.77. The van der Waals surface area contributed by atoms with Gasteiger partial charge in [0.2, 0.25) is 17.7 Å². The van der Waals surface area contributed by atoms with Crippen molar-refractivity contribution in [1.82, 2.24) is 40.0 Å². The van der Waals surface area contributed by atoms with Crippen LogP contribution in [-0.4, -0.2) is 144 Å². The summed E-state index contributed by atoms with van der Waals surface area (Å²) >= 11 is 0. The number of aldehydes is 1. The Balaban J connectivity index is 0.00000366. The number of alkyl halides is 4. The second-order valence-electron chi connectivity index (χ2n) is 18.2. The van der Waals surface area contributed by atoms with Crippen LogP contribution >= 0.6 is 0 Å². The van der Waals surface area contributed by atoms with Gasteiger partial charge in [-0.3, -0.25) is 34.2 Å². The Labute approximate surface area is 408 Å². The highest BCUT2D eigenvalue weighted by atomic mass is 19.4. The number of hydrogen-bond donors (Lipinski definition) is 2. The molecule has 3 fully saturated rings. The summed E-state index contributed by atoms with van der Waals surface area (Å²) in [4.78, 5) is 85.7. The van der Waals surface area contributed by atoms with Crippen LogP contribution in [0.2, 0.25) is 0 Å². The van der Waals surface area contributed by atoms with E-state index in [-0.39, 0.29) is 41.5 Å². The number of likely N-dealkylation sites (N-methyl/N-ethyl adjacent to an activating group) is 1. The number of piperazine rings is 1. The Morgan fingerprint density at radius 2 is 1.58 bits per heavy atom. The number of rotatable bonds is 14. The third kappa shape index (κ3) is 12.7. The van der Waals surface area contributed by atoms with Crippen LogP contribution in [0.3, 0.4) is 0 Å². The van der Waals surface area contributed by atoms with Crippen LogP contribution in [0.4, 0.5) is 42.9 Å². The van der Waals surface area contributed by atoms with Gasteiger partial charge in [0, 0.05) is 102 Å². The second-order valence-corrected chi connectivity index (χ2v) is 18.2. The number of likely N-dealkylation sites (tertiary alicyclic amines) is 1. The summed E-state index contributed by atoms with van der Waals surface area (Å²) in [5, 5.41) is 9.24. The minimum absolute atomic E-state index is 0.00565. The maximum absolute atomic E-state index is 15.7. The van der Waals surface area contributed by atoms with Gasteiger partial charge in [-0.05, 0) is 83.5 Å². The van der Waals surface area contributed by atoms with Gasteiger partial charge in [0.25, 0.3) is 0 Å². The van der Waals surface area contributed by atoms with Gasteiger partial charge in [0.15, 0.2) is 0 Å². The second kappa shape index (κ2) is 22.5. The lowest BCUT2D eigenvalue weighted by molar-refractivity contribution is -0.162. The van der Waals surface area contributed by atoms with E-state index < -0.39 is 67.7 Å². The number of imide groups is 1. The molecule has 16 nitrogen and oxygen atoms in total. The Morgan fingerprint density at radius 3 is 2.23 bits per heavy atom. The predicted molar refractivity (Wildman–Crippen MR) is 254 cm³/mol. The lowest BCUT2D eigenvalue weighted by Crippen LogP contribution is -2.53. The lowest BCUT2D eigenvalue weighted by Gasteiger charge is -2.39. The number of hydrogen-bond acceptors (Lipinski definition) is 9. The van der Waals surface area contributed by atoms with Crippen LogP contribution < -0.4 is 20.4 Å². The number of aromatic nitrogens is 2. The zero-order valence-electron chi connectivity index (χ0n) is 40.0. The molecular weight excluding hydrogens is 932 g/mol. The number of halogens is 5. The largest absolute Gasteiger partial charge is 0.406 e. The minimum Gasteiger partial charge on any atom is -0.369 e. The Morgan fingerprint density at radius 1 is 0.901 bits per heavy atom. The fourth-order valence-corrected chi connectivity index (χ4v) is 9.50. The number of carbonyl (C=O) groups excluding carboxylic acids is 6. The molecule has 8 rings (SSSR count).